The summed E-state index contributed by atoms with van der Waals surface area (Å²) in [6.45, 7) is 2.45. The lowest BCUT2D eigenvalue weighted by molar-refractivity contribution is -0.137. The van der Waals surface area contributed by atoms with E-state index in [-0.39, 0.29) is 29.7 Å². The number of alkyl halides is 3. The van der Waals surface area contributed by atoms with Crippen molar-refractivity contribution < 1.29 is 32.2 Å². The van der Waals surface area contributed by atoms with E-state index in [0.29, 0.717) is 13.0 Å². The average molecular weight is 437 g/mol. The van der Waals surface area contributed by atoms with E-state index in [2.05, 4.69) is 15.6 Å². The molecule has 0 unspecified atom stereocenters. The Balaban J connectivity index is 1.85. The molecule has 1 aromatic heterocycles. The van der Waals surface area contributed by atoms with E-state index in [4.69, 9.17) is 9.47 Å². The van der Waals surface area contributed by atoms with Gasteiger partial charge in [0.25, 0.3) is 11.8 Å². The van der Waals surface area contributed by atoms with Gasteiger partial charge in [-0.1, -0.05) is 6.07 Å². The van der Waals surface area contributed by atoms with Gasteiger partial charge in [-0.2, -0.15) is 13.2 Å². The van der Waals surface area contributed by atoms with E-state index >= 15 is 0 Å². The number of methoxy groups -OCH3 is 1. The molecule has 7 nitrogen and oxygen atoms in total. The summed E-state index contributed by atoms with van der Waals surface area (Å²) in [4.78, 5) is 29.0. The van der Waals surface area contributed by atoms with Crippen LogP contribution < -0.4 is 10.6 Å². The van der Waals surface area contributed by atoms with Gasteiger partial charge in [0, 0.05) is 31.2 Å². The van der Waals surface area contributed by atoms with Crippen molar-refractivity contribution >= 4 is 17.5 Å². The van der Waals surface area contributed by atoms with Gasteiger partial charge in [-0.3, -0.25) is 14.6 Å². The van der Waals surface area contributed by atoms with Gasteiger partial charge in [-0.25, -0.2) is 0 Å². The molecule has 2 heterocycles. The molecule has 2 atom stereocenters. The molecule has 0 radical (unpaired) electrons. The van der Waals surface area contributed by atoms with Gasteiger partial charge < -0.3 is 20.1 Å². The SMILES string of the molecule is CO[C@@H]1CCOC[C@H]1NC(=O)c1cc(NC(=O)c2ccc(C)cn2)cc(C(F)(F)F)c1. The second-order valence-electron chi connectivity index (χ2n) is 7.19. The number of halogens is 3. The summed E-state index contributed by atoms with van der Waals surface area (Å²) in [5, 5.41) is 5.03. The number of hydrogen-bond acceptors (Lipinski definition) is 5. The molecular weight excluding hydrogens is 415 g/mol. The fourth-order valence-corrected chi connectivity index (χ4v) is 3.18. The molecule has 31 heavy (non-hydrogen) atoms. The monoisotopic (exact) mass is 437 g/mol. The van der Waals surface area contributed by atoms with E-state index < -0.39 is 29.6 Å². The molecule has 0 saturated carbocycles. The van der Waals surface area contributed by atoms with E-state index in [1.807, 2.05) is 0 Å². The van der Waals surface area contributed by atoms with E-state index in [9.17, 15) is 22.8 Å². The Hall–Kier alpha value is -2.98. The van der Waals surface area contributed by atoms with Crippen molar-refractivity contribution in [3.8, 4) is 0 Å². The molecule has 2 amide bonds. The van der Waals surface area contributed by atoms with Gasteiger partial charge in [0.1, 0.15) is 5.69 Å². The van der Waals surface area contributed by atoms with Gasteiger partial charge in [-0.15, -0.1) is 0 Å². The normalized spacial score (nSPS) is 19.0. The first-order chi connectivity index (χ1) is 14.7. The zero-order valence-electron chi connectivity index (χ0n) is 17.0. The van der Waals surface area contributed by atoms with Gasteiger partial charge in [0.2, 0.25) is 0 Å². The maximum Gasteiger partial charge on any atom is 0.416 e. The predicted molar refractivity (Wildman–Crippen MR) is 106 cm³/mol. The Morgan fingerprint density at radius 3 is 2.61 bits per heavy atom. The molecule has 0 aliphatic carbocycles. The Morgan fingerprint density at radius 2 is 1.97 bits per heavy atom. The minimum Gasteiger partial charge on any atom is -0.379 e. The number of nitrogens with one attached hydrogen (secondary N) is 2. The number of amides is 2. The second-order valence-corrected chi connectivity index (χ2v) is 7.19. The molecule has 3 rings (SSSR count). The lowest BCUT2D eigenvalue weighted by atomic mass is 10.0. The summed E-state index contributed by atoms with van der Waals surface area (Å²) < 4.78 is 50.8. The minimum absolute atomic E-state index is 0.0382. The van der Waals surface area contributed by atoms with Crippen LogP contribution in [0.2, 0.25) is 0 Å². The van der Waals surface area contributed by atoms with Gasteiger partial charge in [-0.05, 0) is 43.2 Å². The Morgan fingerprint density at radius 1 is 1.19 bits per heavy atom. The standard InChI is InChI=1S/C21H22F3N3O4/c1-12-3-4-16(25-10-12)20(29)26-15-8-13(7-14(9-15)21(22,23)24)19(28)27-17-11-31-6-5-18(17)30-2/h3-4,7-10,17-18H,5-6,11H2,1-2H3,(H,26,29)(H,27,28)/t17-,18-/m1/s1. The first-order valence-corrected chi connectivity index (χ1v) is 9.55. The summed E-state index contributed by atoms with van der Waals surface area (Å²) in [5.41, 5.74) is -0.611. The summed E-state index contributed by atoms with van der Waals surface area (Å²) in [5.74, 6) is -1.42. The Kier molecular flexibility index (Phi) is 6.91. The molecule has 1 saturated heterocycles. The summed E-state index contributed by atoms with van der Waals surface area (Å²) in [6, 6.07) is 5.30. The molecule has 2 N–H and O–H groups in total. The summed E-state index contributed by atoms with van der Waals surface area (Å²) in [7, 11) is 1.49. The number of aromatic nitrogens is 1. The summed E-state index contributed by atoms with van der Waals surface area (Å²) in [6.07, 6.45) is -3.00. The van der Waals surface area contributed by atoms with Crippen LogP contribution in [0.1, 0.15) is 38.4 Å². The number of nitrogens with zero attached hydrogens (tertiary/aromatic N) is 1. The molecule has 0 bridgehead atoms. The number of hydrogen-bond donors (Lipinski definition) is 2. The largest absolute Gasteiger partial charge is 0.416 e. The van der Waals surface area contributed by atoms with Gasteiger partial charge >= 0.3 is 6.18 Å². The van der Waals surface area contributed by atoms with Crippen molar-refractivity contribution in [3.63, 3.8) is 0 Å². The van der Waals surface area contributed by atoms with Crippen LogP contribution in [0.15, 0.2) is 36.5 Å². The van der Waals surface area contributed by atoms with Crippen LogP contribution in [0.4, 0.5) is 18.9 Å². The van der Waals surface area contributed by atoms with Crippen molar-refractivity contribution in [2.75, 3.05) is 25.6 Å². The minimum atomic E-state index is -4.71. The number of rotatable bonds is 5. The van der Waals surface area contributed by atoms with E-state index in [1.54, 1.807) is 13.0 Å². The van der Waals surface area contributed by atoms with Crippen molar-refractivity contribution in [2.24, 2.45) is 0 Å². The highest BCUT2D eigenvalue weighted by atomic mass is 19.4. The van der Waals surface area contributed by atoms with Crippen LogP contribution in [0, 0.1) is 6.92 Å². The molecule has 166 valence electrons. The number of ether oxygens (including phenoxy) is 2. The highest BCUT2D eigenvalue weighted by molar-refractivity contribution is 6.04. The van der Waals surface area contributed by atoms with Crippen LogP contribution in [0.5, 0.6) is 0 Å². The lowest BCUT2D eigenvalue weighted by Crippen LogP contribution is -2.50. The number of aryl methyl sites for hydroxylation is 1. The molecule has 1 fully saturated rings. The van der Waals surface area contributed by atoms with Crippen LogP contribution in [-0.4, -0.2) is 49.3 Å². The van der Waals surface area contributed by atoms with Crippen LogP contribution in [0.25, 0.3) is 0 Å². The molecule has 0 spiro atoms. The molecule has 1 aromatic carbocycles. The fourth-order valence-electron chi connectivity index (χ4n) is 3.18. The Labute approximate surface area is 176 Å². The topological polar surface area (TPSA) is 89.5 Å². The molecule has 10 heteroatoms. The molecule has 1 aliphatic rings. The fraction of sp³-hybridized carbons (Fsp3) is 0.381. The smallest absolute Gasteiger partial charge is 0.379 e. The third kappa shape index (κ3) is 5.80. The van der Waals surface area contributed by atoms with E-state index in [1.165, 1.54) is 25.4 Å². The van der Waals surface area contributed by atoms with Gasteiger partial charge in [0.05, 0.1) is 24.3 Å². The molecule has 1 aliphatic heterocycles. The van der Waals surface area contributed by atoms with Gasteiger partial charge in [0.15, 0.2) is 0 Å². The number of benzene rings is 1. The van der Waals surface area contributed by atoms with Crippen molar-refractivity contribution in [3.05, 3.63) is 58.9 Å². The van der Waals surface area contributed by atoms with Crippen LogP contribution in [-0.2, 0) is 15.7 Å². The maximum absolute atomic E-state index is 13.4. The second kappa shape index (κ2) is 9.44. The quantitative estimate of drug-likeness (QED) is 0.750. The molecular formula is C21H22F3N3O4. The molecule has 2 aromatic rings. The zero-order valence-corrected chi connectivity index (χ0v) is 17.0. The zero-order chi connectivity index (χ0) is 22.6. The van der Waals surface area contributed by atoms with E-state index in [0.717, 1.165) is 17.7 Å². The first kappa shape index (κ1) is 22.7. The highest BCUT2D eigenvalue weighted by Crippen LogP contribution is 2.32. The summed E-state index contributed by atoms with van der Waals surface area (Å²) >= 11 is 0. The number of pyridine rings is 1. The van der Waals surface area contributed by atoms with Crippen LogP contribution in [0.3, 0.4) is 0 Å². The number of anilines is 1. The predicted octanol–water partition coefficient (Wildman–Crippen LogP) is 3.19. The van der Waals surface area contributed by atoms with Crippen molar-refractivity contribution in [1.82, 2.24) is 10.3 Å². The maximum atomic E-state index is 13.4. The van der Waals surface area contributed by atoms with Crippen molar-refractivity contribution in [2.45, 2.75) is 31.7 Å². The number of carbonyl (C=O) groups excluding carboxylic acids is 2. The third-order valence-electron chi connectivity index (χ3n) is 4.84. The van der Waals surface area contributed by atoms with Crippen LogP contribution >= 0.6 is 0 Å². The van der Waals surface area contributed by atoms with Crippen molar-refractivity contribution in [1.29, 1.82) is 0 Å². The first-order valence-electron chi connectivity index (χ1n) is 9.55. The average Bonchev–Trinajstić information content (AvgIpc) is 2.73. The Bertz CT molecular complexity index is 948. The highest BCUT2D eigenvalue weighted by Gasteiger charge is 2.33. The number of carbonyl (C=O) groups is 2. The lowest BCUT2D eigenvalue weighted by Gasteiger charge is -2.31. The third-order valence-corrected chi connectivity index (χ3v) is 4.84.